The van der Waals surface area contributed by atoms with E-state index in [1.165, 1.54) is 25.7 Å². The van der Waals surface area contributed by atoms with E-state index in [-0.39, 0.29) is 0 Å². The summed E-state index contributed by atoms with van der Waals surface area (Å²) in [6, 6.07) is 2.62. The fourth-order valence-electron chi connectivity index (χ4n) is 3.23. The van der Waals surface area contributed by atoms with Gasteiger partial charge in [0.05, 0.1) is 5.39 Å². The molecule has 2 atom stereocenters. The molecule has 0 aromatic carbocycles. The Bertz CT molecular complexity index is 580. The molecular formula is C14H20N4S. The van der Waals surface area contributed by atoms with E-state index in [0.717, 1.165) is 22.8 Å². The Kier molecular flexibility index (Phi) is 3.39. The summed E-state index contributed by atoms with van der Waals surface area (Å²) >= 11 is 4.37. The van der Waals surface area contributed by atoms with E-state index < -0.39 is 0 Å². The van der Waals surface area contributed by atoms with Gasteiger partial charge in [-0.05, 0) is 24.8 Å². The maximum Gasteiger partial charge on any atom is 0.155 e. The Balaban J connectivity index is 1.99. The summed E-state index contributed by atoms with van der Waals surface area (Å²) in [6.45, 7) is 2.35. The fraction of sp³-hybridized carbons (Fsp3) is 0.571. The first kappa shape index (κ1) is 12.8. The quantitative estimate of drug-likeness (QED) is 0.856. The summed E-state index contributed by atoms with van der Waals surface area (Å²) in [5.74, 6) is 1.75. The predicted octanol–water partition coefficient (Wildman–Crippen LogP) is 3.14. The molecule has 0 bridgehead atoms. The molecule has 2 aromatic rings. The molecule has 102 valence electrons. The molecule has 0 radical (unpaired) electrons. The molecule has 4 nitrogen and oxygen atoms in total. The predicted molar refractivity (Wildman–Crippen MR) is 81.7 cm³/mol. The van der Waals surface area contributed by atoms with Crippen molar-refractivity contribution < 1.29 is 0 Å². The highest BCUT2D eigenvalue weighted by atomic mass is 32.1. The van der Waals surface area contributed by atoms with E-state index in [1.807, 2.05) is 12.3 Å². The summed E-state index contributed by atoms with van der Waals surface area (Å²) < 4.78 is 1.75. The topological polar surface area (TPSA) is 34.0 Å². The summed E-state index contributed by atoms with van der Waals surface area (Å²) in [5, 5.41) is 1.08. The second-order valence-electron chi connectivity index (χ2n) is 5.53. The van der Waals surface area contributed by atoms with Gasteiger partial charge in [0.1, 0.15) is 12.1 Å². The maximum atomic E-state index is 4.50. The lowest BCUT2D eigenvalue weighted by atomic mass is 9.85. The molecule has 1 aliphatic rings. The summed E-state index contributed by atoms with van der Waals surface area (Å²) in [5.41, 5.74) is 0.878. The monoisotopic (exact) mass is 276 g/mol. The number of aromatic nitrogens is 3. The zero-order valence-corrected chi connectivity index (χ0v) is 12.3. The van der Waals surface area contributed by atoms with E-state index >= 15 is 0 Å². The van der Waals surface area contributed by atoms with Crippen molar-refractivity contribution >= 4 is 29.7 Å². The van der Waals surface area contributed by atoms with Gasteiger partial charge in [-0.15, -0.1) is 0 Å². The van der Waals surface area contributed by atoms with Gasteiger partial charge in [-0.25, -0.2) is 9.97 Å². The first-order valence-electron chi connectivity index (χ1n) is 6.92. The number of hydrogen-bond donors (Lipinski definition) is 1. The van der Waals surface area contributed by atoms with Crippen LogP contribution in [0.2, 0.25) is 0 Å². The summed E-state index contributed by atoms with van der Waals surface area (Å²) in [4.78, 5) is 11.1. The zero-order chi connectivity index (χ0) is 13.4. The molecule has 0 aliphatic heterocycles. The second kappa shape index (κ2) is 5.04. The Labute approximate surface area is 119 Å². The largest absolute Gasteiger partial charge is 0.356 e. The fourth-order valence-corrected chi connectivity index (χ4v) is 3.46. The van der Waals surface area contributed by atoms with Gasteiger partial charge >= 0.3 is 0 Å². The minimum absolute atomic E-state index is 0.579. The summed E-state index contributed by atoms with van der Waals surface area (Å²) in [7, 11) is 2.16. The molecule has 3 rings (SSSR count). The van der Waals surface area contributed by atoms with Gasteiger partial charge in [-0.3, -0.25) is 3.97 Å². The molecule has 2 aromatic heterocycles. The van der Waals surface area contributed by atoms with Crippen LogP contribution in [0.25, 0.3) is 11.0 Å². The lowest BCUT2D eigenvalue weighted by Crippen LogP contribution is -2.39. The molecule has 1 aliphatic carbocycles. The number of nitrogens with zero attached hydrogens (tertiary/aromatic N) is 4. The van der Waals surface area contributed by atoms with Crippen molar-refractivity contribution in [1.82, 2.24) is 13.9 Å². The van der Waals surface area contributed by atoms with Crippen LogP contribution < -0.4 is 4.90 Å². The molecule has 0 saturated heterocycles. The first-order valence-corrected chi connectivity index (χ1v) is 7.32. The highest BCUT2D eigenvalue weighted by molar-refractivity contribution is 7.78. The average Bonchev–Trinajstić information content (AvgIpc) is 2.80. The Morgan fingerprint density at radius 1 is 1.32 bits per heavy atom. The molecule has 0 amide bonds. The van der Waals surface area contributed by atoms with E-state index in [1.54, 1.807) is 10.3 Å². The average molecular weight is 276 g/mol. The smallest absolute Gasteiger partial charge is 0.155 e. The Hall–Kier alpha value is -1.23. The standard InChI is InChI=1S/C14H20N4S/c1-10-5-3-4-6-12(10)17(2)13-11-7-8-18(19)14(11)16-9-15-13/h7-10,12,19H,3-6H2,1-2H3. The van der Waals surface area contributed by atoms with Crippen molar-refractivity contribution in [1.29, 1.82) is 0 Å². The number of thiol groups is 1. The van der Waals surface area contributed by atoms with Crippen LogP contribution >= 0.6 is 12.8 Å². The molecule has 19 heavy (non-hydrogen) atoms. The van der Waals surface area contributed by atoms with Crippen molar-refractivity contribution in [2.75, 3.05) is 11.9 Å². The van der Waals surface area contributed by atoms with Crippen molar-refractivity contribution in [3.05, 3.63) is 18.6 Å². The number of anilines is 1. The van der Waals surface area contributed by atoms with Gasteiger partial charge in [0.25, 0.3) is 0 Å². The third-order valence-electron chi connectivity index (χ3n) is 4.34. The number of rotatable bonds is 2. The SMILES string of the molecule is CC1CCCCC1N(C)c1ncnc2c1ccn2S. The molecule has 0 spiro atoms. The van der Waals surface area contributed by atoms with Gasteiger partial charge in [0, 0.05) is 19.3 Å². The van der Waals surface area contributed by atoms with Gasteiger partial charge < -0.3 is 4.90 Å². The first-order chi connectivity index (χ1) is 9.18. The van der Waals surface area contributed by atoms with Crippen LogP contribution in [-0.4, -0.2) is 27.0 Å². The highest BCUT2D eigenvalue weighted by Gasteiger charge is 2.27. The van der Waals surface area contributed by atoms with Crippen LogP contribution in [0.4, 0.5) is 5.82 Å². The van der Waals surface area contributed by atoms with E-state index in [4.69, 9.17) is 0 Å². The lowest BCUT2D eigenvalue weighted by molar-refractivity contribution is 0.321. The van der Waals surface area contributed by atoms with Crippen LogP contribution in [0.5, 0.6) is 0 Å². The van der Waals surface area contributed by atoms with Crippen molar-refractivity contribution in [2.24, 2.45) is 5.92 Å². The van der Waals surface area contributed by atoms with E-state index in [9.17, 15) is 0 Å². The highest BCUT2D eigenvalue weighted by Crippen LogP contribution is 2.32. The third-order valence-corrected chi connectivity index (χ3v) is 4.66. The van der Waals surface area contributed by atoms with Crippen LogP contribution in [-0.2, 0) is 0 Å². The van der Waals surface area contributed by atoms with Gasteiger partial charge in [0.15, 0.2) is 5.65 Å². The minimum atomic E-state index is 0.579. The Morgan fingerprint density at radius 3 is 2.89 bits per heavy atom. The van der Waals surface area contributed by atoms with E-state index in [0.29, 0.717) is 6.04 Å². The molecular weight excluding hydrogens is 256 g/mol. The molecule has 0 N–H and O–H groups in total. The van der Waals surface area contributed by atoms with Crippen LogP contribution in [0.3, 0.4) is 0 Å². The van der Waals surface area contributed by atoms with Crippen LogP contribution in [0.15, 0.2) is 18.6 Å². The molecule has 1 saturated carbocycles. The number of hydrogen-bond acceptors (Lipinski definition) is 4. The number of fused-ring (bicyclic) bond motifs is 1. The van der Waals surface area contributed by atoms with Crippen molar-refractivity contribution in [3.63, 3.8) is 0 Å². The lowest BCUT2D eigenvalue weighted by Gasteiger charge is -2.37. The normalized spacial score (nSPS) is 23.7. The van der Waals surface area contributed by atoms with Gasteiger partial charge in [0.2, 0.25) is 0 Å². The molecule has 2 heterocycles. The van der Waals surface area contributed by atoms with Crippen molar-refractivity contribution in [2.45, 2.75) is 38.6 Å². The minimum Gasteiger partial charge on any atom is -0.356 e. The Morgan fingerprint density at radius 2 is 2.11 bits per heavy atom. The maximum absolute atomic E-state index is 4.50. The second-order valence-corrected chi connectivity index (χ2v) is 5.97. The van der Waals surface area contributed by atoms with Crippen LogP contribution in [0.1, 0.15) is 32.6 Å². The molecule has 5 heteroatoms. The van der Waals surface area contributed by atoms with Crippen LogP contribution in [0, 0.1) is 5.92 Å². The van der Waals surface area contributed by atoms with Gasteiger partial charge in [-0.1, -0.05) is 32.6 Å². The summed E-state index contributed by atoms with van der Waals surface area (Å²) in [6.07, 6.45) is 8.80. The van der Waals surface area contributed by atoms with Gasteiger partial charge in [-0.2, -0.15) is 0 Å². The molecule has 1 fully saturated rings. The third kappa shape index (κ3) is 2.20. The zero-order valence-electron chi connectivity index (χ0n) is 11.5. The van der Waals surface area contributed by atoms with E-state index in [2.05, 4.69) is 41.7 Å². The molecule has 2 unspecified atom stereocenters. The van der Waals surface area contributed by atoms with Crippen molar-refractivity contribution in [3.8, 4) is 0 Å².